The van der Waals surface area contributed by atoms with Crippen molar-refractivity contribution in [2.24, 2.45) is 5.73 Å². The van der Waals surface area contributed by atoms with Gasteiger partial charge in [0.05, 0.1) is 16.7 Å². The van der Waals surface area contributed by atoms with E-state index in [-0.39, 0.29) is 0 Å². The lowest BCUT2D eigenvalue weighted by atomic mass is 10.3. The zero-order chi connectivity index (χ0) is 12.2. The number of nitriles is 1. The number of hydrogen-bond acceptors (Lipinski definition) is 4. The summed E-state index contributed by atoms with van der Waals surface area (Å²) < 4.78 is 36.5. The molecule has 0 saturated heterocycles. The van der Waals surface area contributed by atoms with Crippen molar-refractivity contribution in [1.29, 1.82) is 5.26 Å². The van der Waals surface area contributed by atoms with Crippen LogP contribution in [0.1, 0.15) is 5.56 Å². The highest BCUT2D eigenvalue weighted by Crippen LogP contribution is 2.29. The monoisotopic (exact) mass is 247 g/mol. The van der Waals surface area contributed by atoms with Gasteiger partial charge in [0.1, 0.15) is 6.04 Å². The predicted octanol–water partition coefficient (Wildman–Crippen LogP) is 2.04. The molecule has 3 nitrogen and oxygen atoms in total. The van der Waals surface area contributed by atoms with E-state index in [0.29, 0.717) is 10.8 Å². The summed E-state index contributed by atoms with van der Waals surface area (Å²) in [7, 11) is 0. The van der Waals surface area contributed by atoms with Crippen molar-refractivity contribution in [2.75, 3.05) is 5.75 Å². The van der Waals surface area contributed by atoms with E-state index in [4.69, 9.17) is 11.0 Å². The highest BCUT2D eigenvalue weighted by Gasteiger charge is 2.30. The van der Waals surface area contributed by atoms with E-state index in [1.807, 2.05) is 6.07 Å². The summed E-state index contributed by atoms with van der Waals surface area (Å²) >= 11 is 1.15. The number of pyridine rings is 1. The maximum absolute atomic E-state index is 12.2. The molecule has 0 radical (unpaired) electrons. The lowest BCUT2D eigenvalue weighted by Gasteiger charge is -2.06. The standard InChI is InChI=1S/C9H8F3N3S/c10-9(11,12)6-1-2-8(15-4-6)16-5-7(14)3-13/h1-2,4,7H,5,14H2. The molecule has 0 aromatic carbocycles. The molecule has 0 bridgehead atoms. The lowest BCUT2D eigenvalue weighted by molar-refractivity contribution is -0.137. The van der Waals surface area contributed by atoms with E-state index in [0.717, 1.165) is 24.0 Å². The Hall–Kier alpha value is -1.26. The highest BCUT2D eigenvalue weighted by molar-refractivity contribution is 7.99. The van der Waals surface area contributed by atoms with Crippen LogP contribution >= 0.6 is 11.8 Å². The van der Waals surface area contributed by atoms with Crippen molar-refractivity contribution in [2.45, 2.75) is 17.2 Å². The van der Waals surface area contributed by atoms with Gasteiger partial charge in [-0.15, -0.1) is 11.8 Å². The van der Waals surface area contributed by atoms with Crippen LogP contribution in [0.2, 0.25) is 0 Å². The Morgan fingerprint density at radius 3 is 2.62 bits per heavy atom. The van der Waals surface area contributed by atoms with Crippen molar-refractivity contribution in [3.05, 3.63) is 23.9 Å². The number of rotatable bonds is 3. The summed E-state index contributed by atoms with van der Waals surface area (Å²) in [5.74, 6) is 0.300. The van der Waals surface area contributed by atoms with E-state index in [1.165, 1.54) is 6.07 Å². The first-order valence-electron chi connectivity index (χ1n) is 4.24. The molecule has 7 heteroatoms. The number of thioether (sulfide) groups is 1. The summed E-state index contributed by atoms with van der Waals surface area (Å²) in [5, 5.41) is 8.82. The van der Waals surface area contributed by atoms with E-state index in [1.54, 1.807) is 0 Å². The summed E-state index contributed by atoms with van der Waals surface area (Å²) in [6.07, 6.45) is -3.61. The molecule has 16 heavy (non-hydrogen) atoms. The highest BCUT2D eigenvalue weighted by atomic mass is 32.2. The second-order valence-corrected chi connectivity index (χ2v) is 3.97. The SMILES string of the molecule is N#CC(N)CSc1ccc(C(F)(F)F)cn1. The lowest BCUT2D eigenvalue weighted by Crippen LogP contribution is -2.19. The van der Waals surface area contributed by atoms with Gasteiger partial charge in [-0.05, 0) is 12.1 Å². The first-order chi connectivity index (χ1) is 7.43. The van der Waals surface area contributed by atoms with Crippen LogP contribution in [-0.2, 0) is 6.18 Å². The summed E-state index contributed by atoms with van der Waals surface area (Å²) in [4.78, 5) is 3.63. The molecule has 86 valence electrons. The minimum absolute atomic E-state index is 0.300. The molecule has 0 aliphatic rings. The number of nitrogens with zero attached hydrogens (tertiary/aromatic N) is 2. The van der Waals surface area contributed by atoms with E-state index >= 15 is 0 Å². The summed E-state index contributed by atoms with van der Waals surface area (Å²) in [6.45, 7) is 0. The van der Waals surface area contributed by atoms with Crippen LogP contribution in [0.3, 0.4) is 0 Å². The van der Waals surface area contributed by atoms with Gasteiger partial charge < -0.3 is 5.73 Å². The van der Waals surface area contributed by atoms with Crippen LogP contribution < -0.4 is 5.73 Å². The van der Waals surface area contributed by atoms with E-state index in [2.05, 4.69) is 4.98 Å². The summed E-state index contributed by atoms with van der Waals surface area (Å²) in [6, 6.07) is 3.39. The molecular formula is C9H8F3N3S. The second-order valence-electron chi connectivity index (χ2n) is 2.93. The van der Waals surface area contributed by atoms with Gasteiger partial charge in [-0.1, -0.05) is 0 Å². The Morgan fingerprint density at radius 2 is 2.19 bits per heavy atom. The van der Waals surface area contributed by atoms with Crippen molar-refractivity contribution in [3.63, 3.8) is 0 Å². The van der Waals surface area contributed by atoms with Gasteiger partial charge in [-0.25, -0.2) is 4.98 Å². The van der Waals surface area contributed by atoms with Crippen LogP contribution in [-0.4, -0.2) is 16.8 Å². The number of alkyl halides is 3. The smallest absolute Gasteiger partial charge is 0.315 e. The molecule has 1 aromatic rings. The van der Waals surface area contributed by atoms with Gasteiger partial charge >= 0.3 is 6.18 Å². The molecule has 1 atom stereocenters. The molecule has 1 unspecified atom stereocenters. The fourth-order valence-corrected chi connectivity index (χ4v) is 1.56. The van der Waals surface area contributed by atoms with Gasteiger partial charge in [-0.2, -0.15) is 18.4 Å². The van der Waals surface area contributed by atoms with Crippen LogP contribution in [0.15, 0.2) is 23.4 Å². The zero-order valence-corrected chi connectivity index (χ0v) is 8.85. The topological polar surface area (TPSA) is 62.7 Å². The molecule has 2 N–H and O–H groups in total. The van der Waals surface area contributed by atoms with Crippen LogP contribution in [0.25, 0.3) is 0 Å². The van der Waals surface area contributed by atoms with Gasteiger partial charge in [0.2, 0.25) is 0 Å². The zero-order valence-electron chi connectivity index (χ0n) is 8.03. The average molecular weight is 247 g/mol. The number of hydrogen-bond donors (Lipinski definition) is 1. The number of nitrogens with two attached hydrogens (primary N) is 1. The first-order valence-corrected chi connectivity index (χ1v) is 5.23. The van der Waals surface area contributed by atoms with Gasteiger partial charge in [0.15, 0.2) is 0 Å². The third-order valence-corrected chi connectivity index (χ3v) is 2.70. The first kappa shape index (κ1) is 12.8. The predicted molar refractivity (Wildman–Crippen MR) is 53.6 cm³/mol. The van der Waals surface area contributed by atoms with Crippen LogP contribution in [0.5, 0.6) is 0 Å². The van der Waals surface area contributed by atoms with Crippen molar-refractivity contribution >= 4 is 11.8 Å². The fraction of sp³-hybridized carbons (Fsp3) is 0.333. The molecule has 0 aliphatic carbocycles. The Balaban J connectivity index is 2.63. The molecule has 1 aromatic heterocycles. The van der Waals surface area contributed by atoms with Gasteiger partial charge in [0, 0.05) is 11.9 Å². The molecular weight excluding hydrogens is 239 g/mol. The number of halogens is 3. The molecule has 0 amide bonds. The third-order valence-electron chi connectivity index (χ3n) is 1.64. The molecule has 0 spiro atoms. The number of aromatic nitrogens is 1. The largest absolute Gasteiger partial charge is 0.417 e. The Morgan fingerprint density at radius 1 is 1.50 bits per heavy atom. The fourth-order valence-electron chi connectivity index (χ4n) is 0.846. The Kier molecular flexibility index (Phi) is 4.15. The maximum Gasteiger partial charge on any atom is 0.417 e. The molecule has 0 saturated carbocycles. The van der Waals surface area contributed by atoms with Crippen molar-refractivity contribution < 1.29 is 13.2 Å². The molecule has 1 heterocycles. The Labute approximate surface area is 94.5 Å². The van der Waals surface area contributed by atoms with Crippen molar-refractivity contribution in [1.82, 2.24) is 4.98 Å². The molecule has 1 rings (SSSR count). The van der Waals surface area contributed by atoms with Crippen molar-refractivity contribution in [3.8, 4) is 6.07 Å². The Bertz CT molecular complexity index is 382. The normalized spacial score (nSPS) is 13.2. The third kappa shape index (κ3) is 3.72. The maximum atomic E-state index is 12.2. The summed E-state index contributed by atoms with van der Waals surface area (Å²) in [5.41, 5.74) is 4.54. The van der Waals surface area contributed by atoms with E-state index in [9.17, 15) is 13.2 Å². The average Bonchev–Trinajstić information content (AvgIpc) is 2.25. The van der Waals surface area contributed by atoms with Gasteiger partial charge in [0.25, 0.3) is 0 Å². The molecule has 0 aliphatic heterocycles. The minimum Gasteiger partial charge on any atom is -0.315 e. The minimum atomic E-state index is -4.38. The quantitative estimate of drug-likeness (QED) is 0.830. The van der Waals surface area contributed by atoms with Gasteiger partial charge in [-0.3, -0.25) is 0 Å². The second kappa shape index (κ2) is 5.18. The van der Waals surface area contributed by atoms with E-state index < -0.39 is 17.8 Å². The van der Waals surface area contributed by atoms with Crippen LogP contribution in [0.4, 0.5) is 13.2 Å². The van der Waals surface area contributed by atoms with Crippen LogP contribution in [0, 0.1) is 11.3 Å². The molecule has 0 fully saturated rings.